The molecule has 0 heterocycles. The summed E-state index contributed by atoms with van der Waals surface area (Å²) in [4.78, 5) is 0. The summed E-state index contributed by atoms with van der Waals surface area (Å²) in [6, 6.07) is 8.80. The number of benzene rings is 1. The van der Waals surface area contributed by atoms with E-state index in [1.54, 1.807) is 5.57 Å². The van der Waals surface area contributed by atoms with Gasteiger partial charge in [0.15, 0.2) is 0 Å². The Balaban J connectivity index is 2.25. The van der Waals surface area contributed by atoms with Gasteiger partial charge in [-0.3, -0.25) is 0 Å². The van der Waals surface area contributed by atoms with Gasteiger partial charge in [0.05, 0.1) is 0 Å². The molecule has 0 N–H and O–H groups in total. The second-order valence-electron chi connectivity index (χ2n) is 9.45. The molecular weight excluding hydrogens is 324 g/mol. The third-order valence-electron chi connectivity index (χ3n) is 6.61. The Bertz CT molecular complexity index is 852. The van der Waals surface area contributed by atoms with Gasteiger partial charge in [-0.05, 0) is 72.1 Å². The molecule has 3 rings (SSSR count). The van der Waals surface area contributed by atoms with E-state index >= 15 is 0 Å². The first-order chi connectivity index (χ1) is 12.7. The van der Waals surface area contributed by atoms with Crippen LogP contribution in [0.2, 0.25) is 0 Å². The van der Waals surface area contributed by atoms with Crippen molar-refractivity contribution in [2.45, 2.75) is 53.9 Å². The van der Waals surface area contributed by atoms with Crippen LogP contribution in [0.5, 0.6) is 0 Å². The van der Waals surface area contributed by atoms with E-state index < -0.39 is 0 Å². The van der Waals surface area contributed by atoms with E-state index in [1.807, 2.05) is 0 Å². The van der Waals surface area contributed by atoms with E-state index in [-0.39, 0.29) is 10.8 Å². The van der Waals surface area contributed by atoms with Crippen LogP contribution in [0.4, 0.5) is 0 Å². The highest BCUT2D eigenvalue weighted by atomic mass is 14.6. The van der Waals surface area contributed by atoms with Crippen molar-refractivity contribution in [2.24, 2.45) is 16.7 Å². The number of hydrogen-bond donors (Lipinski definition) is 0. The molecule has 0 bridgehead atoms. The van der Waals surface area contributed by atoms with Crippen molar-refractivity contribution in [1.29, 1.82) is 0 Å². The van der Waals surface area contributed by atoms with Crippen LogP contribution in [-0.2, 0) is 6.42 Å². The summed E-state index contributed by atoms with van der Waals surface area (Å²) in [6.07, 6.45) is 12.3. The van der Waals surface area contributed by atoms with E-state index in [9.17, 15) is 0 Å². The van der Waals surface area contributed by atoms with Crippen molar-refractivity contribution in [3.8, 4) is 0 Å². The Morgan fingerprint density at radius 3 is 2.52 bits per heavy atom. The van der Waals surface area contributed by atoms with E-state index in [0.717, 1.165) is 18.4 Å². The quantitative estimate of drug-likeness (QED) is 0.485. The lowest BCUT2D eigenvalue weighted by molar-refractivity contribution is 0.271. The fraction of sp³-hybridized carbons (Fsp3) is 0.407. The lowest BCUT2D eigenvalue weighted by atomic mass is 9.67. The Kier molecular flexibility index (Phi) is 5.21. The van der Waals surface area contributed by atoms with Gasteiger partial charge in [-0.2, -0.15) is 0 Å². The van der Waals surface area contributed by atoms with Gasteiger partial charge in [0.25, 0.3) is 0 Å². The lowest BCUT2D eigenvalue weighted by Crippen LogP contribution is -2.28. The van der Waals surface area contributed by atoms with Crippen LogP contribution in [0.15, 0.2) is 78.4 Å². The molecule has 0 radical (unpaired) electrons. The van der Waals surface area contributed by atoms with Gasteiger partial charge in [0.1, 0.15) is 0 Å². The SMILES string of the molecule is C=CC1=C2\C(C)(C)CC(CC=C(C)C)C2(C)Cc2ccccc2C(=C)\C=C\1. The second kappa shape index (κ2) is 7.15. The largest absolute Gasteiger partial charge is 0.0985 e. The van der Waals surface area contributed by atoms with E-state index in [4.69, 9.17) is 0 Å². The summed E-state index contributed by atoms with van der Waals surface area (Å²) in [6.45, 7) is 20.2. The first kappa shape index (κ1) is 19.7. The minimum absolute atomic E-state index is 0.115. The van der Waals surface area contributed by atoms with Crippen LogP contribution in [0, 0.1) is 16.7 Å². The molecule has 1 fully saturated rings. The predicted molar refractivity (Wildman–Crippen MR) is 120 cm³/mol. The fourth-order valence-electron chi connectivity index (χ4n) is 5.51. The molecule has 1 aromatic carbocycles. The van der Waals surface area contributed by atoms with Crippen molar-refractivity contribution in [2.75, 3.05) is 0 Å². The minimum Gasteiger partial charge on any atom is -0.0985 e. The minimum atomic E-state index is 0.115. The molecule has 0 amide bonds. The Morgan fingerprint density at radius 2 is 1.85 bits per heavy atom. The van der Waals surface area contributed by atoms with Crippen molar-refractivity contribution in [1.82, 2.24) is 0 Å². The summed E-state index contributed by atoms with van der Waals surface area (Å²) in [5.41, 5.74) is 8.34. The first-order valence-electron chi connectivity index (χ1n) is 10.2. The van der Waals surface area contributed by atoms with Crippen LogP contribution in [0.1, 0.15) is 58.6 Å². The van der Waals surface area contributed by atoms with Gasteiger partial charge < -0.3 is 0 Å². The fourth-order valence-corrected chi connectivity index (χ4v) is 5.51. The van der Waals surface area contributed by atoms with E-state index in [1.165, 1.54) is 28.7 Å². The van der Waals surface area contributed by atoms with Gasteiger partial charge in [-0.1, -0.05) is 93.6 Å². The highest BCUT2D eigenvalue weighted by Gasteiger charge is 2.52. The number of allylic oxidation sites excluding steroid dienone is 8. The smallest absolute Gasteiger partial charge is 0.00300 e. The van der Waals surface area contributed by atoms with Crippen molar-refractivity contribution >= 4 is 5.57 Å². The summed E-state index contributed by atoms with van der Waals surface area (Å²) < 4.78 is 0. The van der Waals surface area contributed by atoms with E-state index in [0.29, 0.717) is 5.92 Å². The molecule has 27 heavy (non-hydrogen) atoms. The molecule has 0 spiro atoms. The van der Waals surface area contributed by atoms with Gasteiger partial charge in [-0.15, -0.1) is 0 Å². The zero-order chi connectivity index (χ0) is 19.8. The number of rotatable bonds is 3. The predicted octanol–water partition coefficient (Wildman–Crippen LogP) is 7.70. The number of fused-ring (bicyclic) bond motifs is 2. The molecule has 2 aliphatic rings. The van der Waals surface area contributed by atoms with Crippen molar-refractivity contribution < 1.29 is 0 Å². The second-order valence-corrected chi connectivity index (χ2v) is 9.45. The lowest BCUT2D eigenvalue weighted by Gasteiger charge is -2.36. The van der Waals surface area contributed by atoms with Gasteiger partial charge in [0, 0.05) is 0 Å². The maximum absolute atomic E-state index is 4.35. The zero-order valence-corrected chi connectivity index (χ0v) is 17.7. The third-order valence-corrected chi connectivity index (χ3v) is 6.61. The molecular formula is C27H34. The van der Waals surface area contributed by atoms with Crippen molar-refractivity contribution in [3.63, 3.8) is 0 Å². The van der Waals surface area contributed by atoms with Crippen LogP contribution >= 0.6 is 0 Å². The van der Waals surface area contributed by atoms with Gasteiger partial charge >= 0.3 is 0 Å². The van der Waals surface area contributed by atoms with Gasteiger partial charge in [0.2, 0.25) is 0 Å². The molecule has 2 unspecified atom stereocenters. The average molecular weight is 359 g/mol. The highest BCUT2D eigenvalue weighted by Crippen LogP contribution is 2.61. The van der Waals surface area contributed by atoms with Crippen LogP contribution < -0.4 is 0 Å². The van der Waals surface area contributed by atoms with Crippen LogP contribution in [0.25, 0.3) is 5.57 Å². The Morgan fingerprint density at radius 1 is 1.15 bits per heavy atom. The molecule has 0 aliphatic heterocycles. The Labute approximate surface area is 166 Å². The average Bonchev–Trinajstić information content (AvgIpc) is 2.82. The summed E-state index contributed by atoms with van der Waals surface area (Å²) in [5, 5.41) is 0. The number of hydrogen-bond acceptors (Lipinski definition) is 0. The van der Waals surface area contributed by atoms with Crippen LogP contribution in [0.3, 0.4) is 0 Å². The maximum Gasteiger partial charge on any atom is -0.00300 e. The molecule has 1 aromatic rings. The zero-order valence-electron chi connectivity index (χ0n) is 17.7. The third kappa shape index (κ3) is 3.55. The van der Waals surface area contributed by atoms with E-state index in [2.05, 4.69) is 96.3 Å². The molecule has 1 saturated carbocycles. The summed E-state index contributed by atoms with van der Waals surface area (Å²) in [7, 11) is 0. The van der Waals surface area contributed by atoms with Crippen LogP contribution in [-0.4, -0.2) is 0 Å². The molecule has 0 nitrogen and oxygen atoms in total. The standard InChI is InChI=1S/C27H34/c1-8-21-15-14-20(4)24-12-10-9-11-22(24)17-27(7)23(16-13-19(2)3)18-26(5,6)25(21)27/h8-15,23H,1,4,16-18H2,2-3,5-7H3/b15-14+,25-21-. The Hall–Kier alpha value is -2.08. The van der Waals surface area contributed by atoms with Gasteiger partial charge in [-0.25, -0.2) is 0 Å². The maximum atomic E-state index is 4.35. The first-order valence-corrected chi connectivity index (χ1v) is 10.2. The highest BCUT2D eigenvalue weighted by molar-refractivity contribution is 5.75. The van der Waals surface area contributed by atoms with Crippen molar-refractivity contribution in [3.05, 3.63) is 89.6 Å². The summed E-state index contributed by atoms with van der Waals surface area (Å²) >= 11 is 0. The molecule has 2 atom stereocenters. The summed E-state index contributed by atoms with van der Waals surface area (Å²) in [5.74, 6) is 0.625. The topological polar surface area (TPSA) is 0 Å². The molecule has 0 saturated heterocycles. The monoisotopic (exact) mass is 358 g/mol. The molecule has 2 aliphatic carbocycles. The molecule has 0 aromatic heterocycles. The molecule has 0 heteroatoms. The normalized spacial score (nSPS) is 30.4. The molecule has 142 valence electrons.